The topological polar surface area (TPSA) is 66.5 Å². The largest absolute Gasteiger partial charge is 0.301 e. The molecule has 0 amide bonds. The first-order valence-corrected chi connectivity index (χ1v) is 5.41. The fourth-order valence-corrected chi connectivity index (χ4v) is 1.65. The maximum Gasteiger partial charge on any atom is 0.191 e. The number of hydrogen-bond donors (Lipinski definition) is 2. The van der Waals surface area contributed by atoms with Crippen LogP contribution in [0.15, 0.2) is 24.3 Å². The molecule has 0 fully saturated rings. The van der Waals surface area contributed by atoms with Crippen molar-refractivity contribution in [1.29, 1.82) is 0 Å². The number of aromatic amines is 1. The van der Waals surface area contributed by atoms with Crippen LogP contribution in [0.3, 0.4) is 0 Å². The van der Waals surface area contributed by atoms with Gasteiger partial charge in [0.15, 0.2) is 5.82 Å². The van der Waals surface area contributed by atoms with Gasteiger partial charge >= 0.3 is 0 Å². The molecule has 0 aliphatic rings. The molecule has 2 unspecified atom stereocenters. The van der Waals surface area contributed by atoms with E-state index in [1.807, 2.05) is 13.8 Å². The highest BCUT2D eigenvalue weighted by Gasteiger charge is 2.14. The molecule has 1 aromatic carbocycles. The Morgan fingerprint density at radius 2 is 1.88 bits per heavy atom. The molecule has 5 nitrogen and oxygen atoms in total. The normalized spacial score (nSPS) is 14.5. The first kappa shape index (κ1) is 11.7. The first-order chi connectivity index (χ1) is 8.16. The van der Waals surface area contributed by atoms with Crippen molar-refractivity contribution >= 4 is 0 Å². The number of H-pyrrole nitrogens is 1. The summed E-state index contributed by atoms with van der Waals surface area (Å²) in [6, 6.07) is 6.49. The number of aromatic nitrogens is 4. The minimum Gasteiger partial charge on any atom is -0.301 e. The molecule has 90 valence electrons. The van der Waals surface area contributed by atoms with Crippen LogP contribution in [0.2, 0.25) is 0 Å². The third-order valence-corrected chi connectivity index (χ3v) is 2.62. The number of nitrogens with zero attached hydrogens (tertiary/aromatic N) is 3. The highest BCUT2D eigenvalue weighted by molar-refractivity contribution is 5.19. The second kappa shape index (κ2) is 5.01. The van der Waals surface area contributed by atoms with Crippen LogP contribution in [-0.4, -0.2) is 20.6 Å². The zero-order chi connectivity index (χ0) is 12.3. The SMILES string of the molecule is CC(NC(C)c1nn[nH]n1)c1ccc(F)cc1. The van der Waals surface area contributed by atoms with Gasteiger partial charge in [0.25, 0.3) is 0 Å². The second-order valence-corrected chi connectivity index (χ2v) is 3.93. The van der Waals surface area contributed by atoms with E-state index in [4.69, 9.17) is 0 Å². The average molecular weight is 235 g/mol. The number of hydrogen-bond acceptors (Lipinski definition) is 4. The number of halogens is 1. The molecule has 2 rings (SSSR count). The lowest BCUT2D eigenvalue weighted by Gasteiger charge is -2.17. The lowest BCUT2D eigenvalue weighted by molar-refractivity contribution is 0.476. The molecular formula is C11H14FN5. The predicted octanol–water partition coefficient (Wildman–Crippen LogP) is 1.75. The molecule has 1 aromatic heterocycles. The Bertz CT molecular complexity index is 453. The summed E-state index contributed by atoms with van der Waals surface area (Å²) in [5, 5.41) is 17.0. The van der Waals surface area contributed by atoms with Crippen molar-refractivity contribution in [3.63, 3.8) is 0 Å². The van der Waals surface area contributed by atoms with E-state index in [1.54, 1.807) is 12.1 Å². The smallest absolute Gasteiger partial charge is 0.191 e. The molecule has 2 atom stereocenters. The monoisotopic (exact) mass is 235 g/mol. The summed E-state index contributed by atoms with van der Waals surface area (Å²) in [6.45, 7) is 3.95. The summed E-state index contributed by atoms with van der Waals surface area (Å²) in [6.07, 6.45) is 0. The fourth-order valence-electron chi connectivity index (χ4n) is 1.65. The van der Waals surface area contributed by atoms with E-state index in [0.29, 0.717) is 5.82 Å². The Labute approximate surface area is 98.4 Å². The number of benzene rings is 1. The van der Waals surface area contributed by atoms with E-state index in [9.17, 15) is 4.39 Å². The van der Waals surface area contributed by atoms with E-state index >= 15 is 0 Å². The van der Waals surface area contributed by atoms with E-state index in [0.717, 1.165) is 5.56 Å². The lowest BCUT2D eigenvalue weighted by Crippen LogP contribution is -2.23. The Balaban J connectivity index is 2.01. The minimum atomic E-state index is -0.229. The molecule has 0 spiro atoms. The van der Waals surface area contributed by atoms with Crippen molar-refractivity contribution in [3.05, 3.63) is 41.5 Å². The van der Waals surface area contributed by atoms with Gasteiger partial charge in [-0.1, -0.05) is 17.3 Å². The average Bonchev–Trinajstić information content (AvgIpc) is 2.83. The lowest BCUT2D eigenvalue weighted by atomic mass is 10.1. The molecule has 1 heterocycles. The van der Waals surface area contributed by atoms with Crippen molar-refractivity contribution in [2.24, 2.45) is 0 Å². The third kappa shape index (κ3) is 2.85. The summed E-state index contributed by atoms with van der Waals surface area (Å²) in [7, 11) is 0. The van der Waals surface area contributed by atoms with Crippen LogP contribution in [0, 0.1) is 5.82 Å². The molecular weight excluding hydrogens is 221 g/mol. The van der Waals surface area contributed by atoms with Crippen molar-refractivity contribution in [1.82, 2.24) is 25.9 Å². The van der Waals surface area contributed by atoms with Gasteiger partial charge in [0.1, 0.15) is 5.82 Å². The van der Waals surface area contributed by atoms with Gasteiger partial charge in [0.2, 0.25) is 0 Å². The molecule has 0 radical (unpaired) electrons. The van der Waals surface area contributed by atoms with Crippen LogP contribution in [-0.2, 0) is 0 Å². The van der Waals surface area contributed by atoms with Gasteiger partial charge < -0.3 is 5.32 Å². The summed E-state index contributed by atoms with van der Waals surface area (Å²) in [4.78, 5) is 0. The second-order valence-electron chi connectivity index (χ2n) is 3.93. The summed E-state index contributed by atoms with van der Waals surface area (Å²) >= 11 is 0. The zero-order valence-electron chi connectivity index (χ0n) is 9.68. The van der Waals surface area contributed by atoms with Gasteiger partial charge in [0.05, 0.1) is 6.04 Å². The molecule has 2 N–H and O–H groups in total. The number of rotatable bonds is 4. The van der Waals surface area contributed by atoms with E-state index in [1.165, 1.54) is 12.1 Å². The van der Waals surface area contributed by atoms with E-state index < -0.39 is 0 Å². The van der Waals surface area contributed by atoms with Crippen LogP contribution < -0.4 is 5.32 Å². The molecule has 0 saturated carbocycles. The van der Waals surface area contributed by atoms with Gasteiger partial charge in [-0.15, -0.1) is 10.2 Å². The van der Waals surface area contributed by atoms with Crippen LogP contribution >= 0.6 is 0 Å². The van der Waals surface area contributed by atoms with E-state index in [2.05, 4.69) is 25.9 Å². The molecule has 0 bridgehead atoms. The maximum atomic E-state index is 12.8. The third-order valence-electron chi connectivity index (χ3n) is 2.62. The van der Waals surface area contributed by atoms with Crippen LogP contribution in [0.25, 0.3) is 0 Å². The van der Waals surface area contributed by atoms with Crippen molar-refractivity contribution in [2.45, 2.75) is 25.9 Å². The Kier molecular flexibility index (Phi) is 3.43. The summed E-state index contributed by atoms with van der Waals surface area (Å²) < 4.78 is 12.8. The summed E-state index contributed by atoms with van der Waals surface area (Å²) in [5.41, 5.74) is 1.02. The highest BCUT2D eigenvalue weighted by Crippen LogP contribution is 2.16. The maximum absolute atomic E-state index is 12.8. The molecule has 17 heavy (non-hydrogen) atoms. The van der Waals surface area contributed by atoms with Crippen molar-refractivity contribution < 1.29 is 4.39 Å². The predicted molar refractivity (Wildman–Crippen MR) is 60.5 cm³/mol. The van der Waals surface area contributed by atoms with Gasteiger partial charge in [-0.05, 0) is 31.5 Å². The number of nitrogens with one attached hydrogen (secondary N) is 2. The van der Waals surface area contributed by atoms with Gasteiger partial charge in [-0.25, -0.2) is 4.39 Å². The quantitative estimate of drug-likeness (QED) is 0.847. The minimum absolute atomic E-state index is 0.0196. The molecule has 0 aliphatic carbocycles. The zero-order valence-corrected chi connectivity index (χ0v) is 9.68. The Hall–Kier alpha value is -1.82. The first-order valence-electron chi connectivity index (χ1n) is 5.41. The molecule has 0 saturated heterocycles. The van der Waals surface area contributed by atoms with Gasteiger partial charge in [0, 0.05) is 6.04 Å². The molecule has 2 aromatic rings. The molecule has 6 heteroatoms. The van der Waals surface area contributed by atoms with Gasteiger partial charge in [-0.3, -0.25) is 0 Å². The molecule has 0 aliphatic heterocycles. The van der Waals surface area contributed by atoms with Crippen molar-refractivity contribution in [2.75, 3.05) is 0 Å². The Morgan fingerprint density at radius 3 is 2.47 bits per heavy atom. The van der Waals surface area contributed by atoms with Crippen LogP contribution in [0.5, 0.6) is 0 Å². The summed E-state index contributed by atoms with van der Waals surface area (Å²) in [5.74, 6) is 0.381. The van der Waals surface area contributed by atoms with Crippen LogP contribution in [0.4, 0.5) is 4.39 Å². The van der Waals surface area contributed by atoms with Crippen molar-refractivity contribution in [3.8, 4) is 0 Å². The van der Waals surface area contributed by atoms with E-state index in [-0.39, 0.29) is 17.9 Å². The number of tetrazole rings is 1. The van der Waals surface area contributed by atoms with Gasteiger partial charge in [-0.2, -0.15) is 5.21 Å². The Morgan fingerprint density at radius 1 is 1.18 bits per heavy atom. The standard InChI is InChI=1S/C11H14FN5/c1-7(9-3-5-10(12)6-4-9)13-8(2)11-14-16-17-15-11/h3-8,13H,1-2H3,(H,14,15,16,17). The highest BCUT2D eigenvalue weighted by atomic mass is 19.1. The fraction of sp³-hybridized carbons (Fsp3) is 0.364. The van der Waals surface area contributed by atoms with Crippen LogP contribution in [0.1, 0.15) is 37.3 Å².